The van der Waals surface area contributed by atoms with E-state index >= 15 is 0 Å². The van der Waals surface area contributed by atoms with Gasteiger partial charge >= 0.3 is 0 Å². The van der Waals surface area contributed by atoms with Crippen molar-refractivity contribution in [3.8, 4) is 0 Å². The maximum absolute atomic E-state index is 5.92. The summed E-state index contributed by atoms with van der Waals surface area (Å²) in [7, 11) is 0. The number of pyridine rings is 1. The number of nitrogens with two attached hydrogens (primary N) is 1. The third-order valence-corrected chi connectivity index (χ3v) is 2.93. The normalized spacial score (nSPS) is 12.6. The lowest BCUT2D eigenvalue weighted by Gasteiger charge is -2.16. The van der Waals surface area contributed by atoms with Gasteiger partial charge in [-0.05, 0) is 25.5 Å². The molecule has 0 amide bonds. The minimum atomic E-state index is 0.465. The second kappa shape index (κ2) is 5.04. The molecule has 1 atom stereocenters. The summed E-state index contributed by atoms with van der Waals surface area (Å²) >= 11 is 0. The minimum absolute atomic E-state index is 0.465. The van der Waals surface area contributed by atoms with Crippen molar-refractivity contribution in [3.63, 3.8) is 0 Å². The Hall–Kier alpha value is -1.77. The molecule has 3 nitrogen and oxygen atoms in total. The van der Waals surface area contributed by atoms with Crippen LogP contribution in [0.25, 0.3) is 10.9 Å². The van der Waals surface area contributed by atoms with Crippen molar-refractivity contribution < 1.29 is 0 Å². The van der Waals surface area contributed by atoms with E-state index < -0.39 is 0 Å². The number of rotatable bonds is 4. The van der Waals surface area contributed by atoms with Crippen LogP contribution in [0.15, 0.2) is 30.5 Å². The van der Waals surface area contributed by atoms with Crippen LogP contribution >= 0.6 is 0 Å². The monoisotopic (exact) mass is 229 g/mol. The van der Waals surface area contributed by atoms with Gasteiger partial charge in [-0.2, -0.15) is 0 Å². The third-order valence-electron chi connectivity index (χ3n) is 2.93. The van der Waals surface area contributed by atoms with Crippen LogP contribution in [0.1, 0.15) is 26.7 Å². The van der Waals surface area contributed by atoms with Crippen LogP contribution < -0.4 is 11.1 Å². The molecule has 3 N–H and O–H groups in total. The number of hydrogen-bond acceptors (Lipinski definition) is 3. The first-order chi connectivity index (χ1) is 8.22. The van der Waals surface area contributed by atoms with E-state index in [1.54, 1.807) is 6.20 Å². The molecule has 1 aromatic heterocycles. The summed E-state index contributed by atoms with van der Waals surface area (Å²) < 4.78 is 0. The molecule has 0 bridgehead atoms. The number of nitrogens with one attached hydrogen (secondary N) is 1. The fourth-order valence-corrected chi connectivity index (χ4v) is 2.10. The van der Waals surface area contributed by atoms with Gasteiger partial charge in [0, 0.05) is 23.3 Å². The van der Waals surface area contributed by atoms with Crippen molar-refractivity contribution >= 4 is 22.3 Å². The number of nitrogens with zero attached hydrogens (tertiary/aromatic N) is 1. The standard InChI is InChI=1S/C14H19N3/c1-3-5-10(2)17-13-8-9-16-14-11(13)6-4-7-12(14)15/h4,6-10H,3,5,15H2,1-2H3,(H,16,17). The molecule has 0 saturated heterocycles. The van der Waals surface area contributed by atoms with Gasteiger partial charge < -0.3 is 11.1 Å². The van der Waals surface area contributed by atoms with Crippen molar-refractivity contribution in [2.75, 3.05) is 11.1 Å². The molecule has 0 spiro atoms. The van der Waals surface area contributed by atoms with Crippen LogP contribution in [-0.2, 0) is 0 Å². The number of anilines is 2. The summed E-state index contributed by atoms with van der Waals surface area (Å²) in [6.45, 7) is 4.39. The maximum Gasteiger partial charge on any atom is 0.0951 e. The second-order valence-corrected chi connectivity index (χ2v) is 4.44. The Bertz CT molecular complexity index is 508. The van der Waals surface area contributed by atoms with E-state index in [1.807, 2.05) is 18.2 Å². The molecule has 0 aliphatic rings. The van der Waals surface area contributed by atoms with Crippen LogP contribution in [0.2, 0.25) is 0 Å². The number of hydrogen-bond donors (Lipinski definition) is 2. The Morgan fingerprint density at radius 2 is 2.18 bits per heavy atom. The Labute approximate surface area is 102 Å². The molecule has 17 heavy (non-hydrogen) atoms. The van der Waals surface area contributed by atoms with Gasteiger partial charge in [-0.15, -0.1) is 0 Å². The summed E-state index contributed by atoms with van der Waals surface area (Å²) in [6, 6.07) is 8.38. The van der Waals surface area contributed by atoms with Crippen molar-refractivity contribution in [1.29, 1.82) is 0 Å². The Morgan fingerprint density at radius 1 is 1.35 bits per heavy atom. The van der Waals surface area contributed by atoms with Crippen LogP contribution in [0.3, 0.4) is 0 Å². The smallest absolute Gasteiger partial charge is 0.0951 e. The van der Waals surface area contributed by atoms with E-state index in [1.165, 1.54) is 6.42 Å². The third kappa shape index (κ3) is 2.49. The van der Waals surface area contributed by atoms with Gasteiger partial charge in [0.2, 0.25) is 0 Å². The molecule has 0 aliphatic heterocycles. The molecule has 90 valence electrons. The molecule has 0 aliphatic carbocycles. The van der Waals surface area contributed by atoms with E-state index in [-0.39, 0.29) is 0 Å². The lowest BCUT2D eigenvalue weighted by atomic mass is 10.1. The maximum atomic E-state index is 5.92. The quantitative estimate of drug-likeness (QED) is 0.790. The summed E-state index contributed by atoms with van der Waals surface area (Å²) in [6.07, 6.45) is 4.14. The molecular weight excluding hydrogens is 210 g/mol. The highest BCUT2D eigenvalue weighted by molar-refractivity contribution is 5.97. The molecule has 1 unspecified atom stereocenters. The van der Waals surface area contributed by atoms with Gasteiger partial charge in [0.15, 0.2) is 0 Å². The molecule has 0 radical (unpaired) electrons. The van der Waals surface area contributed by atoms with E-state index in [0.29, 0.717) is 6.04 Å². The Morgan fingerprint density at radius 3 is 2.94 bits per heavy atom. The molecule has 1 aromatic carbocycles. The average Bonchev–Trinajstić information content (AvgIpc) is 2.31. The fourth-order valence-electron chi connectivity index (χ4n) is 2.10. The van der Waals surface area contributed by atoms with Crippen molar-refractivity contribution in [1.82, 2.24) is 4.98 Å². The van der Waals surface area contributed by atoms with Crippen LogP contribution in [0, 0.1) is 0 Å². The summed E-state index contributed by atoms with van der Waals surface area (Å²) in [5.74, 6) is 0. The van der Waals surface area contributed by atoms with Gasteiger partial charge in [-0.1, -0.05) is 25.5 Å². The fraction of sp³-hybridized carbons (Fsp3) is 0.357. The van der Waals surface area contributed by atoms with Crippen molar-refractivity contribution in [2.45, 2.75) is 32.7 Å². The zero-order valence-electron chi connectivity index (χ0n) is 10.4. The Balaban J connectivity index is 2.37. The number of benzene rings is 1. The molecular formula is C14H19N3. The number of fused-ring (bicyclic) bond motifs is 1. The predicted octanol–water partition coefficient (Wildman–Crippen LogP) is 3.42. The largest absolute Gasteiger partial charge is 0.397 e. The lowest BCUT2D eigenvalue weighted by molar-refractivity contribution is 0.691. The van der Waals surface area contributed by atoms with E-state index in [0.717, 1.165) is 28.7 Å². The number of aromatic nitrogens is 1. The molecule has 3 heteroatoms. The number of para-hydroxylation sites is 1. The van der Waals surface area contributed by atoms with Gasteiger partial charge in [-0.25, -0.2) is 0 Å². The SMILES string of the molecule is CCCC(C)Nc1ccnc2c(N)cccc12. The first-order valence-corrected chi connectivity index (χ1v) is 6.12. The van der Waals surface area contributed by atoms with Crippen LogP contribution in [-0.4, -0.2) is 11.0 Å². The minimum Gasteiger partial charge on any atom is -0.397 e. The van der Waals surface area contributed by atoms with E-state index in [2.05, 4.69) is 30.2 Å². The molecule has 2 aromatic rings. The molecule has 1 heterocycles. The van der Waals surface area contributed by atoms with Gasteiger partial charge in [0.1, 0.15) is 0 Å². The molecule has 2 rings (SSSR count). The molecule has 0 saturated carbocycles. The second-order valence-electron chi connectivity index (χ2n) is 4.44. The number of nitrogen functional groups attached to an aromatic ring is 1. The highest BCUT2D eigenvalue weighted by atomic mass is 14.9. The highest BCUT2D eigenvalue weighted by Gasteiger charge is 2.06. The summed E-state index contributed by atoms with van der Waals surface area (Å²) in [5, 5.41) is 4.61. The first-order valence-electron chi connectivity index (χ1n) is 6.12. The van der Waals surface area contributed by atoms with Crippen molar-refractivity contribution in [2.24, 2.45) is 0 Å². The van der Waals surface area contributed by atoms with Crippen molar-refractivity contribution in [3.05, 3.63) is 30.5 Å². The predicted molar refractivity (Wildman–Crippen MR) is 74.1 cm³/mol. The lowest BCUT2D eigenvalue weighted by Crippen LogP contribution is -2.14. The summed E-state index contributed by atoms with van der Waals surface area (Å²) in [5.41, 5.74) is 8.65. The Kier molecular flexibility index (Phi) is 3.47. The van der Waals surface area contributed by atoms with E-state index in [4.69, 9.17) is 5.73 Å². The van der Waals surface area contributed by atoms with Gasteiger partial charge in [0.25, 0.3) is 0 Å². The highest BCUT2D eigenvalue weighted by Crippen LogP contribution is 2.26. The van der Waals surface area contributed by atoms with Crippen LogP contribution in [0.4, 0.5) is 11.4 Å². The van der Waals surface area contributed by atoms with Crippen LogP contribution in [0.5, 0.6) is 0 Å². The van der Waals surface area contributed by atoms with E-state index in [9.17, 15) is 0 Å². The zero-order chi connectivity index (χ0) is 12.3. The van der Waals surface area contributed by atoms with Gasteiger partial charge in [-0.3, -0.25) is 4.98 Å². The zero-order valence-corrected chi connectivity index (χ0v) is 10.4. The first kappa shape index (κ1) is 11.7. The summed E-state index contributed by atoms with van der Waals surface area (Å²) in [4.78, 5) is 4.33. The van der Waals surface area contributed by atoms with Gasteiger partial charge in [0.05, 0.1) is 11.2 Å². The molecule has 0 fully saturated rings. The topological polar surface area (TPSA) is 50.9 Å². The average molecular weight is 229 g/mol.